The van der Waals surface area contributed by atoms with Crippen LogP contribution in [0.25, 0.3) is 0 Å². The Kier molecular flexibility index (Phi) is 36.5. The Labute approximate surface area is 347 Å². The van der Waals surface area contributed by atoms with E-state index in [1.807, 2.05) is 21.1 Å². The minimum absolute atomic E-state index is 0.0279. The number of ether oxygens (including phenoxy) is 3. The fourth-order valence-corrected chi connectivity index (χ4v) is 5.59. The maximum Gasteiger partial charge on any atom is 0.362 e. The van der Waals surface area contributed by atoms with Gasteiger partial charge in [-0.25, -0.2) is 4.79 Å². The van der Waals surface area contributed by atoms with Crippen molar-refractivity contribution in [2.75, 3.05) is 41.0 Å². The highest BCUT2D eigenvalue weighted by Gasteiger charge is 2.31. The van der Waals surface area contributed by atoms with Crippen molar-refractivity contribution in [1.82, 2.24) is 0 Å². The first-order valence-corrected chi connectivity index (χ1v) is 21.8. The van der Waals surface area contributed by atoms with E-state index in [1.165, 1.54) is 12.8 Å². The third kappa shape index (κ3) is 37.6. The summed E-state index contributed by atoms with van der Waals surface area (Å²) in [7, 11) is 5.49. The first-order chi connectivity index (χ1) is 27.6. The largest absolute Gasteiger partial charge is 0.477 e. The van der Waals surface area contributed by atoms with Crippen LogP contribution in [0.4, 0.5) is 0 Å². The van der Waals surface area contributed by atoms with Gasteiger partial charge in [-0.1, -0.05) is 137 Å². The van der Waals surface area contributed by atoms with Gasteiger partial charge in [0.2, 0.25) is 0 Å². The highest BCUT2D eigenvalue weighted by atomic mass is 16.6. The standard InChI is InChI=1S/C49H79NO7/c1-6-8-10-12-14-16-18-19-20-21-22-23-24-25-26-27-28-29-30-32-34-36-38-40-48(52)57-45(43-55-42-41-46(49(53)54)50(3,4)5)44-56-47(51)39-37-35-33-31-17-15-13-11-9-7-2/h8,10,13-16,19-20,22-23,25-26,28-29,32,34,45-46H,6-7,9,11-12,17-18,21,24,27,30-31,33,35-44H2,1-5H3/p+1/b10-8+,15-13+,16-14+,20-19+,23-22+,26-25+,29-28+,34-32+. The lowest BCUT2D eigenvalue weighted by Gasteiger charge is -2.31. The van der Waals surface area contributed by atoms with E-state index in [0.717, 1.165) is 89.9 Å². The van der Waals surface area contributed by atoms with E-state index >= 15 is 0 Å². The maximum absolute atomic E-state index is 12.7. The summed E-state index contributed by atoms with van der Waals surface area (Å²) in [6.45, 7) is 4.47. The summed E-state index contributed by atoms with van der Waals surface area (Å²) < 4.78 is 17.1. The van der Waals surface area contributed by atoms with E-state index in [9.17, 15) is 19.5 Å². The predicted octanol–water partition coefficient (Wildman–Crippen LogP) is 11.9. The first-order valence-electron chi connectivity index (χ1n) is 21.8. The third-order valence-corrected chi connectivity index (χ3v) is 8.97. The molecule has 0 radical (unpaired) electrons. The van der Waals surface area contributed by atoms with Crippen LogP contribution >= 0.6 is 0 Å². The van der Waals surface area contributed by atoms with Gasteiger partial charge in [0.1, 0.15) is 6.61 Å². The number of nitrogens with zero attached hydrogens (tertiary/aromatic N) is 1. The molecule has 0 aliphatic heterocycles. The second-order valence-corrected chi connectivity index (χ2v) is 15.2. The highest BCUT2D eigenvalue weighted by Crippen LogP contribution is 2.11. The van der Waals surface area contributed by atoms with Crippen molar-refractivity contribution in [3.63, 3.8) is 0 Å². The van der Waals surface area contributed by atoms with Crippen LogP contribution < -0.4 is 0 Å². The van der Waals surface area contributed by atoms with Gasteiger partial charge in [-0.2, -0.15) is 0 Å². The number of carbonyl (C=O) groups is 3. The van der Waals surface area contributed by atoms with Crippen LogP contribution in [0, 0.1) is 0 Å². The number of allylic oxidation sites excluding steroid dienone is 16. The molecule has 2 unspecified atom stereocenters. The summed E-state index contributed by atoms with van der Waals surface area (Å²) in [6, 6.07) is -0.631. The van der Waals surface area contributed by atoms with Crippen LogP contribution in [0.2, 0.25) is 0 Å². The van der Waals surface area contributed by atoms with E-state index in [4.69, 9.17) is 14.2 Å². The van der Waals surface area contributed by atoms with Crippen LogP contribution in [0.1, 0.15) is 142 Å². The number of carbonyl (C=O) groups excluding carboxylic acids is 2. The zero-order chi connectivity index (χ0) is 42.1. The first kappa shape index (κ1) is 53.2. The van der Waals surface area contributed by atoms with E-state index in [0.29, 0.717) is 19.3 Å². The SMILES string of the molecule is CC/C=C/C/C=C/C/C=C/C/C=C/C/C=C/C/C=C/C/C=C/CCCC(=O)OC(COCCC(C(=O)O)[N+](C)(C)C)COC(=O)CCCCCC/C=C/CCCC. The molecule has 0 saturated carbocycles. The van der Waals surface area contributed by atoms with Gasteiger partial charge in [0, 0.05) is 19.3 Å². The zero-order valence-electron chi connectivity index (χ0n) is 36.5. The van der Waals surface area contributed by atoms with Crippen molar-refractivity contribution < 1.29 is 38.2 Å². The van der Waals surface area contributed by atoms with Crippen molar-refractivity contribution >= 4 is 17.9 Å². The molecule has 0 aromatic heterocycles. The molecule has 0 heterocycles. The second kappa shape index (κ2) is 39.1. The molecule has 0 saturated heterocycles. The minimum Gasteiger partial charge on any atom is -0.477 e. The molecule has 0 aromatic rings. The van der Waals surface area contributed by atoms with Gasteiger partial charge >= 0.3 is 17.9 Å². The number of rotatable bonds is 37. The van der Waals surface area contributed by atoms with E-state index in [-0.39, 0.29) is 42.7 Å². The van der Waals surface area contributed by atoms with E-state index in [1.54, 1.807) is 0 Å². The Balaban J connectivity index is 4.46. The normalized spacial score (nSPS) is 13.9. The lowest BCUT2D eigenvalue weighted by atomic mass is 10.1. The summed E-state index contributed by atoms with van der Waals surface area (Å²) >= 11 is 0. The van der Waals surface area contributed by atoms with Crippen molar-refractivity contribution in [3.05, 3.63) is 97.2 Å². The lowest BCUT2D eigenvalue weighted by molar-refractivity contribution is -0.887. The van der Waals surface area contributed by atoms with Crippen LogP contribution in [0.3, 0.4) is 0 Å². The molecule has 0 fully saturated rings. The number of carboxylic acids is 1. The molecule has 0 amide bonds. The Hall–Kier alpha value is -3.75. The minimum atomic E-state index is -0.891. The van der Waals surface area contributed by atoms with E-state index < -0.39 is 18.1 Å². The molecule has 8 nitrogen and oxygen atoms in total. The summed E-state index contributed by atoms with van der Waals surface area (Å²) in [5, 5.41) is 9.60. The number of quaternary nitrogens is 1. The molecular weight excluding hydrogens is 715 g/mol. The van der Waals surface area contributed by atoms with Gasteiger partial charge < -0.3 is 23.8 Å². The molecule has 57 heavy (non-hydrogen) atoms. The number of hydrogen-bond acceptors (Lipinski definition) is 6. The number of esters is 2. The average molecular weight is 795 g/mol. The van der Waals surface area contributed by atoms with Crippen molar-refractivity contribution in [2.45, 2.75) is 154 Å². The molecule has 1 N–H and O–H groups in total. The predicted molar refractivity (Wildman–Crippen MR) is 238 cm³/mol. The molecule has 8 heteroatoms. The molecule has 0 aliphatic rings. The highest BCUT2D eigenvalue weighted by molar-refractivity contribution is 5.72. The molecule has 0 bridgehead atoms. The van der Waals surface area contributed by atoms with Gasteiger partial charge in [-0.3, -0.25) is 9.59 Å². The maximum atomic E-state index is 12.7. The van der Waals surface area contributed by atoms with Crippen LogP contribution in [0.5, 0.6) is 0 Å². The summed E-state index contributed by atoms with van der Waals surface area (Å²) in [5.74, 6) is -1.58. The molecule has 0 aliphatic carbocycles. The number of hydrogen-bond donors (Lipinski definition) is 1. The number of unbranched alkanes of at least 4 members (excludes halogenated alkanes) is 7. The smallest absolute Gasteiger partial charge is 0.362 e. The van der Waals surface area contributed by atoms with Crippen LogP contribution in [-0.4, -0.2) is 80.6 Å². The molecule has 0 spiro atoms. The fourth-order valence-electron chi connectivity index (χ4n) is 5.59. The van der Waals surface area contributed by atoms with E-state index in [2.05, 4.69) is 111 Å². The molecule has 2 atom stereocenters. The topological polar surface area (TPSA) is 99.1 Å². The Bertz CT molecular complexity index is 1250. The van der Waals surface area contributed by atoms with Gasteiger partial charge in [-0.15, -0.1) is 0 Å². The van der Waals surface area contributed by atoms with Crippen LogP contribution in [0.15, 0.2) is 97.2 Å². The third-order valence-electron chi connectivity index (χ3n) is 8.97. The van der Waals surface area contributed by atoms with Gasteiger partial charge in [0.05, 0.1) is 34.4 Å². The molecular formula is C49H80NO7+. The molecule has 0 rings (SSSR count). The van der Waals surface area contributed by atoms with Crippen molar-refractivity contribution in [1.29, 1.82) is 0 Å². The summed E-state index contributed by atoms with van der Waals surface area (Å²) in [4.78, 5) is 36.9. The van der Waals surface area contributed by atoms with Gasteiger partial charge in [-0.05, 0) is 83.5 Å². The van der Waals surface area contributed by atoms with Gasteiger partial charge in [0.15, 0.2) is 12.1 Å². The Morgan fingerprint density at radius 2 is 1.00 bits per heavy atom. The number of aliphatic carboxylic acids is 1. The molecule has 322 valence electrons. The molecule has 0 aromatic carbocycles. The number of likely N-dealkylation sites (N-methyl/N-ethyl adjacent to an activating group) is 1. The van der Waals surface area contributed by atoms with Gasteiger partial charge in [0.25, 0.3) is 0 Å². The number of carboxylic acid groups (broad SMARTS) is 1. The lowest BCUT2D eigenvalue weighted by Crippen LogP contribution is -2.50. The Morgan fingerprint density at radius 3 is 1.51 bits per heavy atom. The zero-order valence-corrected chi connectivity index (χ0v) is 36.5. The fraction of sp³-hybridized carbons (Fsp3) is 0.612. The van der Waals surface area contributed by atoms with Crippen molar-refractivity contribution in [3.8, 4) is 0 Å². The average Bonchev–Trinajstić information content (AvgIpc) is 3.17. The monoisotopic (exact) mass is 795 g/mol. The second-order valence-electron chi connectivity index (χ2n) is 15.2. The summed E-state index contributed by atoms with van der Waals surface area (Å²) in [6.07, 6.45) is 51.8. The van der Waals surface area contributed by atoms with Crippen LogP contribution in [-0.2, 0) is 28.6 Å². The van der Waals surface area contributed by atoms with Crippen molar-refractivity contribution in [2.24, 2.45) is 0 Å². The summed E-state index contributed by atoms with van der Waals surface area (Å²) in [5.41, 5.74) is 0. The quantitative estimate of drug-likeness (QED) is 0.0289. The Morgan fingerprint density at radius 1 is 0.544 bits per heavy atom.